The molecule has 43 valence electrons. The topological polar surface area (TPSA) is 46.5 Å². The van der Waals surface area contributed by atoms with Gasteiger partial charge in [0.1, 0.15) is 0 Å². The predicted octanol–water partition coefficient (Wildman–Crippen LogP) is 0.556. The minimum Gasteiger partial charge on any atom is -0.525 e. The van der Waals surface area contributed by atoms with E-state index in [2.05, 4.69) is 16.3 Å². The Kier molecular flexibility index (Phi) is 64.0. The summed E-state index contributed by atoms with van der Waals surface area (Å²) in [7, 11) is 1.63. The van der Waals surface area contributed by atoms with Crippen molar-refractivity contribution in [3.8, 4) is 0 Å². The van der Waals surface area contributed by atoms with E-state index < -0.39 is 0 Å². The summed E-state index contributed by atoms with van der Waals surface area (Å²) in [5, 5.41) is 7.03. The molecule has 0 aliphatic heterocycles. The van der Waals surface area contributed by atoms with Crippen LogP contribution in [0.25, 0.3) is 0 Å². The van der Waals surface area contributed by atoms with Gasteiger partial charge in [-0.25, -0.2) is 9.93 Å². The average Bonchev–Trinajstić information content (AvgIpc) is 1.39. The molecule has 1 N–H and O–H groups in total. The maximum Gasteiger partial charge on any atom is 0.0418 e. The standard InChI is InChI=1S/CClO.H3O2P.V/c2-1-3;1-2-3;/h;1H,3H2;/q-1;;. The number of hydrogen-bond donors (Lipinski definition) is 1. The summed E-state index contributed by atoms with van der Waals surface area (Å²) in [5.41, 5.74) is 0. The molecule has 1 atom stereocenters. The Balaban J connectivity index is -0.0000000400. The van der Waals surface area contributed by atoms with Crippen LogP contribution in [0.3, 0.4) is 0 Å². The van der Waals surface area contributed by atoms with Crippen LogP contribution in [0.5, 0.6) is 0 Å². The van der Waals surface area contributed by atoms with Gasteiger partial charge in [0, 0.05) is 28.0 Å². The Labute approximate surface area is 60.5 Å². The summed E-state index contributed by atoms with van der Waals surface area (Å²) in [6, 6.07) is 0. The largest absolute Gasteiger partial charge is 0.525 e. The van der Waals surface area contributed by atoms with Crippen molar-refractivity contribution in [1.29, 1.82) is 0 Å². The molecule has 1 unspecified atom stereocenters. The first-order valence-electron chi connectivity index (χ1n) is 0.811. The molecule has 3 nitrogen and oxygen atoms in total. The number of halogens is 1. The van der Waals surface area contributed by atoms with Crippen molar-refractivity contribution < 1.29 is 33.3 Å². The number of rotatable bonds is 0. The molecule has 0 heterocycles. The predicted molar refractivity (Wildman–Crippen MR) is 25.0 cm³/mol. The molecule has 0 aromatic heterocycles. The third-order valence-electron chi connectivity index (χ3n) is 0. The Hall–Kier alpha value is 0.894. The molecule has 0 aromatic carbocycles. The van der Waals surface area contributed by atoms with E-state index in [1.54, 1.807) is 9.47 Å². The van der Waals surface area contributed by atoms with Gasteiger partial charge < -0.3 is 16.4 Å². The summed E-state index contributed by atoms with van der Waals surface area (Å²) < 4.78 is 3.17. The van der Waals surface area contributed by atoms with Crippen LogP contribution >= 0.6 is 21.1 Å². The molecule has 0 saturated heterocycles. The van der Waals surface area contributed by atoms with Crippen LogP contribution in [0, 0.1) is 0 Å². The fourth-order valence-electron chi connectivity index (χ4n) is 0. The van der Waals surface area contributed by atoms with E-state index in [-0.39, 0.29) is 18.6 Å². The van der Waals surface area contributed by atoms with Gasteiger partial charge in [-0.15, -0.1) is 0 Å². The second kappa shape index (κ2) is 28.6. The zero-order valence-electron chi connectivity index (χ0n) is 3.17. The van der Waals surface area contributed by atoms with Crippen molar-refractivity contribution in [3.63, 3.8) is 0 Å². The minimum atomic E-state index is 0. The maximum atomic E-state index is 8.45. The summed E-state index contributed by atoms with van der Waals surface area (Å²) in [5.74, 6) is 0.972. The molecular formula is CH3ClO3PV-. The average molecular weight is 180 g/mol. The molecule has 1 radical (unpaired) electrons. The molecule has 0 fully saturated rings. The van der Waals surface area contributed by atoms with Crippen LogP contribution < -0.4 is 0 Å². The van der Waals surface area contributed by atoms with E-state index in [1.165, 1.54) is 0 Å². The van der Waals surface area contributed by atoms with Crippen LogP contribution in [-0.2, 0) is 28.0 Å². The van der Waals surface area contributed by atoms with E-state index in [9.17, 15) is 0 Å². The van der Waals surface area contributed by atoms with Gasteiger partial charge in [-0.1, -0.05) is 0 Å². The van der Waals surface area contributed by atoms with E-state index in [0.29, 0.717) is 0 Å². The molecule has 0 rings (SSSR count). The summed E-state index contributed by atoms with van der Waals surface area (Å²) in [4.78, 5) is 8.45. The first kappa shape index (κ1) is 15.7. The van der Waals surface area contributed by atoms with Crippen molar-refractivity contribution in [2.24, 2.45) is 0 Å². The second-order valence-electron chi connectivity index (χ2n) is 0.183. The van der Waals surface area contributed by atoms with E-state index in [0.717, 1.165) is 5.75 Å². The van der Waals surface area contributed by atoms with Crippen molar-refractivity contribution in [2.45, 2.75) is 0 Å². The van der Waals surface area contributed by atoms with E-state index in [4.69, 9.17) is 10.1 Å². The van der Waals surface area contributed by atoms with Gasteiger partial charge in [0.25, 0.3) is 0 Å². The molecule has 0 aromatic rings. The monoisotopic (exact) mass is 180 g/mol. The Morgan fingerprint density at radius 3 is 1.86 bits per heavy atom. The Bertz CT molecular complexity index is 28.9. The van der Waals surface area contributed by atoms with Crippen LogP contribution in [-0.4, -0.2) is 11.0 Å². The minimum absolute atomic E-state index is 0. The van der Waals surface area contributed by atoms with Gasteiger partial charge in [-0.2, -0.15) is 5.75 Å². The van der Waals surface area contributed by atoms with Gasteiger partial charge in [-0.3, -0.25) is 0 Å². The van der Waals surface area contributed by atoms with Gasteiger partial charge in [0.05, 0.1) is 0 Å². The van der Waals surface area contributed by atoms with Crippen LogP contribution in [0.1, 0.15) is 0 Å². The number of carbonyl (C=O) groups excluding carboxylic acids is 1. The molecule has 0 aliphatic rings. The fourth-order valence-corrected chi connectivity index (χ4v) is 0. The Morgan fingerprint density at radius 2 is 1.86 bits per heavy atom. The maximum absolute atomic E-state index is 8.45. The van der Waals surface area contributed by atoms with Crippen LogP contribution in [0.4, 0.5) is 0 Å². The molecule has 0 amide bonds. The number of hydrogen-bond acceptors (Lipinski definition) is 3. The van der Waals surface area contributed by atoms with Crippen molar-refractivity contribution in [1.82, 2.24) is 0 Å². The molecule has 7 heavy (non-hydrogen) atoms. The van der Waals surface area contributed by atoms with Gasteiger partial charge in [0.2, 0.25) is 0 Å². The van der Waals surface area contributed by atoms with E-state index in [1.807, 2.05) is 0 Å². The molecule has 0 spiro atoms. The molecule has 6 heteroatoms. The smallest absolute Gasteiger partial charge is 0.0418 e. The molecule has 0 bridgehead atoms. The van der Waals surface area contributed by atoms with Crippen LogP contribution in [0.2, 0.25) is 0 Å². The van der Waals surface area contributed by atoms with Crippen molar-refractivity contribution in [2.75, 3.05) is 0 Å². The molecule has 0 saturated carbocycles. The quantitative estimate of drug-likeness (QED) is 0.195. The normalized spacial score (nSPS) is 4.43. The summed E-state index contributed by atoms with van der Waals surface area (Å²) >= 11 is 4.19. The zero-order valence-corrected chi connectivity index (χ0v) is 6.47. The fraction of sp³-hybridized carbons (Fsp3) is 0. The van der Waals surface area contributed by atoms with Gasteiger partial charge >= 0.3 is 0 Å². The summed E-state index contributed by atoms with van der Waals surface area (Å²) in [6.45, 7) is 0. The van der Waals surface area contributed by atoms with Crippen molar-refractivity contribution in [3.05, 3.63) is 0 Å². The van der Waals surface area contributed by atoms with Crippen LogP contribution in [0.15, 0.2) is 0 Å². The molecule has 0 aliphatic carbocycles. The SMILES string of the molecule is O=[C-]Cl.OOP.[V]. The van der Waals surface area contributed by atoms with Gasteiger partial charge in [0.15, 0.2) is 0 Å². The first-order chi connectivity index (χ1) is 2.83. The molecular weight excluding hydrogens is 177 g/mol. The third kappa shape index (κ3) is 206. The first-order valence-corrected chi connectivity index (χ1v) is 1.66. The third-order valence-corrected chi connectivity index (χ3v) is 0. The van der Waals surface area contributed by atoms with Gasteiger partial charge in [-0.05, 0) is 0 Å². The summed E-state index contributed by atoms with van der Waals surface area (Å²) in [6.07, 6.45) is 0. The zero-order chi connectivity index (χ0) is 5.41. The second-order valence-corrected chi connectivity index (χ2v) is 0.548. The van der Waals surface area contributed by atoms with Crippen molar-refractivity contribution >= 4 is 26.8 Å². The van der Waals surface area contributed by atoms with E-state index >= 15 is 0 Å². The Morgan fingerprint density at radius 1 is 1.86 bits per heavy atom.